The zero-order valence-electron chi connectivity index (χ0n) is 19.1. The Morgan fingerprint density at radius 2 is 1.94 bits per heavy atom. The van der Waals surface area contributed by atoms with Crippen LogP contribution in [0.2, 0.25) is 0 Å². The van der Waals surface area contributed by atoms with Crippen LogP contribution >= 0.6 is 0 Å². The van der Waals surface area contributed by atoms with Crippen molar-refractivity contribution in [1.82, 2.24) is 14.5 Å². The number of ether oxygens (including phenoxy) is 2. The Morgan fingerprint density at radius 1 is 1.15 bits per heavy atom. The molecule has 1 saturated heterocycles. The molecule has 180 valence electrons. The van der Waals surface area contributed by atoms with Crippen LogP contribution in [0.25, 0.3) is 11.0 Å². The highest BCUT2D eigenvalue weighted by atomic mass is 32.2. The number of hydrogen-bond acceptors (Lipinski definition) is 6. The summed E-state index contributed by atoms with van der Waals surface area (Å²) in [5, 5.41) is 5.26. The molecule has 1 fully saturated rings. The van der Waals surface area contributed by atoms with E-state index >= 15 is 0 Å². The number of imidazole rings is 1. The fourth-order valence-corrected chi connectivity index (χ4v) is 5.46. The molecule has 1 aromatic heterocycles. The number of carbonyl (C=O) groups excluding carboxylic acids is 1. The SMILES string of the molecule is CCn1c(CCC(=O)N2CCCC2c2ccc3c(c2)OCCO3)nc2cc(S(N)(=O)=O)ccc21. The lowest BCUT2D eigenvalue weighted by atomic mass is 10.0. The van der Waals surface area contributed by atoms with Gasteiger partial charge in [-0.15, -0.1) is 0 Å². The first-order valence-electron chi connectivity index (χ1n) is 11.6. The van der Waals surface area contributed by atoms with Gasteiger partial charge in [-0.25, -0.2) is 18.5 Å². The summed E-state index contributed by atoms with van der Waals surface area (Å²) in [5.41, 5.74) is 2.45. The third-order valence-electron chi connectivity index (χ3n) is 6.53. The summed E-state index contributed by atoms with van der Waals surface area (Å²) < 4.78 is 36.8. The third-order valence-corrected chi connectivity index (χ3v) is 7.44. The molecule has 34 heavy (non-hydrogen) atoms. The van der Waals surface area contributed by atoms with E-state index in [1.165, 1.54) is 12.1 Å². The summed E-state index contributed by atoms with van der Waals surface area (Å²) in [6.45, 7) is 4.46. The average molecular weight is 485 g/mol. The molecule has 0 radical (unpaired) electrons. The molecule has 2 aromatic carbocycles. The zero-order valence-corrected chi connectivity index (χ0v) is 19.9. The van der Waals surface area contributed by atoms with Crippen molar-refractivity contribution < 1.29 is 22.7 Å². The van der Waals surface area contributed by atoms with Gasteiger partial charge in [0.2, 0.25) is 15.9 Å². The van der Waals surface area contributed by atoms with Crippen LogP contribution in [-0.4, -0.2) is 48.5 Å². The Balaban J connectivity index is 1.33. The van der Waals surface area contributed by atoms with E-state index in [9.17, 15) is 13.2 Å². The van der Waals surface area contributed by atoms with Crippen molar-refractivity contribution in [3.63, 3.8) is 0 Å². The zero-order chi connectivity index (χ0) is 23.9. The molecule has 1 amide bonds. The molecular weight excluding hydrogens is 456 g/mol. The highest BCUT2D eigenvalue weighted by molar-refractivity contribution is 7.89. The molecule has 5 rings (SSSR count). The Morgan fingerprint density at radius 3 is 2.71 bits per heavy atom. The normalized spacial score (nSPS) is 17.9. The number of rotatable bonds is 6. The summed E-state index contributed by atoms with van der Waals surface area (Å²) in [5.74, 6) is 2.32. The highest BCUT2D eigenvalue weighted by Crippen LogP contribution is 2.38. The number of primary sulfonamides is 1. The molecule has 1 atom stereocenters. The molecule has 0 aliphatic carbocycles. The van der Waals surface area contributed by atoms with E-state index in [0.29, 0.717) is 38.1 Å². The molecule has 3 heterocycles. The molecule has 0 bridgehead atoms. The van der Waals surface area contributed by atoms with E-state index in [1.54, 1.807) is 6.07 Å². The van der Waals surface area contributed by atoms with Gasteiger partial charge in [-0.1, -0.05) is 6.07 Å². The van der Waals surface area contributed by atoms with E-state index in [1.807, 2.05) is 34.6 Å². The Hall–Kier alpha value is -3.11. The monoisotopic (exact) mass is 484 g/mol. The molecule has 2 aliphatic heterocycles. The number of likely N-dealkylation sites (tertiary alicyclic amines) is 1. The van der Waals surface area contributed by atoms with Crippen molar-refractivity contribution in [2.24, 2.45) is 5.14 Å². The molecule has 3 aromatic rings. The smallest absolute Gasteiger partial charge is 0.238 e. The lowest BCUT2D eigenvalue weighted by molar-refractivity contribution is -0.132. The van der Waals surface area contributed by atoms with E-state index < -0.39 is 10.0 Å². The van der Waals surface area contributed by atoms with Gasteiger partial charge in [-0.2, -0.15) is 0 Å². The fraction of sp³-hybridized carbons (Fsp3) is 0.417. The maximum atomic E-state index is 13.2. The highest BCUT2D eigenvalue weighted by Gasteiger charge is 2.31. The molecule has 1 unspecified atom stereocenters. The van der Waals surface area contributed by atoms with Gasteiger partial charge in [0, 0.05) is 25.9 Å². The standard InChI is InChI=1S/C24H28N4O5S/c1-2-27-20-7-6-17(34(25,30)31)15-18(20)26-23(27)9-10-24(29)28-11-3-4-19(28)16-5-8-21-22(14-16)33-13-12-32-21/h5-8,14-15,19H,2-4,9-13H2,1H3,(H2,25,30,31). The summed E-state index contributed by atoms with van der Waals surface area (Å²) in [4.78, 5) is 19.8. The van der Waals surface area contributed by atoms with Crippen molar-refractivity contribution in [2.45, 2.75) is 50.1 Å². The van der Waals surface area contributed by atoms with Crippen molar-refractivity contribution in [3.8, 4) is 11.5 Å². The van der Waals surface area contributed by atoms with Gasteiger partial charge in [0.15, 0.2) is 11.5 Å². The second-order valence-electron chi connectivity index (χ2n) is 8.62. The maximum Gasteiger partial charge on any atom is 0.238 e. The molecule has 2 aliphatic rings. The second kappa shape index (κ2) is 8.92. The molecule has 2 N–H and O–H groups in total. The predicted molar refractivity (Wildman–Crippen MR) is 126 cm³/mol. The fourth-order valence-electron chi connectivity index (χ4n) is 4.92. The van der Waals surface area contributed by atoms with Crippen molar-refractivity contribution in [1.29, 1.82) is 0 Å². The summed E-state index contributed by atoms with van der Waals surface area (Å²) in [6, 6.07) is 10.6. The largest absolute Gasteiger partial charge is 0.486 e. The van der Waals surface area contributed by atoms with Gasteiger partial charge in [0.1, 0.15) is 19.0 Å². The molecule has 10 heteroatoms. The number of aromatic nitrogens is 2. The minimum Gasteiger partial charge on any atom is -0.486 e. The Kier molecular flexibility index (Phi) is 5.95. The third kappa shape index (κ3) is 4.23. The van der Waals surface area contributed by atoms with Gasteiger partial charge in [-0.3, -0.25) is 4.79 Å². The number of benzene rings is 2. The number of nitrogens with two attached hydrogens (primary N) is 1. The first-order valence-corrected chi connectivity index (χ1v) is 13.1. The van der Waals surface area contributed by atoms with Gasteiger partial charge in [0.25, 0.3) is 0 Å². The quantitative estimate of drug-likeness (QED) is 0.575. The summed E-state index contributed by atoms with van der Waals surface area (Å²) >= 11 is 0. The molecule has 0 spiro atoms. The van der Waals surface area contributed by atoms with Crippen LogP contribution in [-0.2, 0) is 27.8 Å². The number of hydrogen-bond donors (Lipinski definition) is 1. The molecule has 0 saturated carbocycles. The number of aryl methyl sites for hydroxylation is 2. The van der Waals surface area contributed by atoms with Crippen molar-refractivity contribution in [2.75, 3.05) is 19.8 Å². The number of amides is 1. The van der Waals surface area contributed by atoms with Crippen LogP contribution in [0.3, 0.4) is 0 Å². The van der Waals surface area contributed by atoms with Gasteiger partial charge in [-0.05, 0) is 55.7 Å². The topological polar surface area (TPSA) is 117 Å². The van der Waals surface area contributed by atoms with E-state index in [0.717, 1.165) is 47.8 Å². The average Bonchev–Trinajstić information content (AvgIpc) is 3.45. The van der Waals surface area contributed by atoms with Crippen molar-refractivity contribution in [3.05, 3.63) is 47.8 Å². The first-order chi connectivity index (χ1) is 16.3. The lowest BCUT2D eigenvalue weighted by Gasteiger charge is -2.27. The van der Waals surface area contributed by atoms with E-state index in [4.69, 9.17) is 14.6 Å². The first kappa shape index (κ1) is 22.7. The van der Waals surface area contributed by atoms with E-state index in [2.05, 4.69) is 4.98 Å². The summed E-state index contributed by atoms with van der Waals surface area (Å²) in [7, 11) is -3.81. The number of carbonyl (C=O) groups is 1. The van der Waals surface area contributed by atoms with Crippen LogP contribution in [0.5, 0.6) is 11.5 Å². The maximum absolute atomic E-state index is 13.2. The second-order valence-corrected chi connectivity index (χ2v) is 10.2. The number of sulfonamides is 1. The summed E-state index contributed by atoms with van der Waals surface area (Å²) in [6.07, 6.45) is 2.66. The van der Waals surface area contributed by atoms with Crippen LogP contribution < -0.4 is 14.6 Å². The minimum atomic E-state index is -3.81. The Bertz CT molecular complexity index is 1350. The lowest BCUT2D eigenvalue weighted by Crippen LogP contribution is -2.31. The van der Waals surface area contributed by atoms with Crippen LogP contribution in [0.15, 0.2) is 41.3 Å². The number of fused-ring (bicyclic) bond motifs is 2. The number of nitrogens with zero attached hydrogens (tertiary/aromatic N) is 3. The van der Waals surface area contributed by atoms with Gasteiger partial charge >= 0.3 is 0 Å². The van der Waals surface area contributed by atoms with Crippen LogP contribution in [0, 0.1) is 0 Å². The van der Waals surface area contributed by atoms with Crippen LogP contribution in [0.1, 0.15) is 43.6 Å². The molecular formula is C24H28N4O5S. The van der Waals surface area contributed by atoms with Gasteiger partial charge in [0.05, 0.1) is 22.0 Å². The minimum absolute atomic E-state index is 0.0191. The Labute approximate surface area is 198 Å². The van der Waals surface area contributed by atoms with Gasteiger partial charge < -0.3 is 18.9 Å². The van der Waals surface area contributed by atoms with Crippen molar-refractivity contribution >= 4 is 27.0 Å². The van der Waals surface area contributed by atoms with E-state index in [-0.39, 0.29) is 16.8 Å². The predicted octanol–water partition coefficient (Wildman–Crippen LogP) is 2.77. The van der Waals surface area contributed by atoms with Crippen LogP contribution in [0.4, 0.5) is 0 Å². The molecule has 9 nitrogen and oxygen atoms in total.